The molecule has 3 rings (SSSR count). The molecule has 0 aliphatic heterocycles. The van der Waals surface area contributed by atoms with Crippen LogP contribution in [0.2, 0.25) is 0 Å². The van der Waals surface area contributed by atoms with Gasteiger partial charge in [-0.1, -0.05) is 19.3 Å². The zero-order valence-electron chi connectivity index (χ0n) is 16.9. The first-order chi connectivity index (χ1) is 13.5. The van der Waals surface area contributed by atoms with Gasteiger partial charge in [-0.2, -0.15) is 5.10 Å². The molecule has 0 spiro atoms. The maximum atomic E-state index is 13.0. The minimum absolute atomic E-state index is 0.0645. The van der Waals surface area contributed by atoms with Crippen molar-refractivity contribution in [2.75, 3.05) is 13.7 Å². The fourth-order valence-corrected chi connectivity index (χ4v) is 3.79. The Labute approximate surface area is 166 Å². The number of aromatic nitrogens is 2. The van der Waals surface area contributed by atoms with Crippen molar-refractivity contribution in [3.63, 3.8) is 0 Å². The largest absolute Gasteiger partial charge is 0.494 e. The number of likely N-dealkylation sites (N-methyl/N-ethyl adjacent to an activating group) is 1. The number of hydrogen-bond donors (Lipinski definition) is 0. The molecule has 1 fully saturated rings. The van der Waals surface area contributed by atoms with Crippen molar-refractivity contribution in [1.29, 1.82) is 0 Å². The maximum Gasteiger partial charge on any atom is 0.267 e. The third-order valence-corrected chi connectivity index (χ3v) is 5.48. The summed E-state index contributed by atoms with van der Waals surface area (Å²) in [6.45, 7) is 4.29. The van der Waals surface area contributed by atoms with Crippen molar-refractivity contribution in [2.45, 2.75) is 58.0 Å². The van der Waals surface area contributed by atoms with Crippen LogP contribution in [0.4, 0.5) is 0 Å². The highest BCUT2D eigenvalue weighted by atomic mass is 16.5. The Morgan fingerprint density at radius 2 is 1.86 bits per heavy atom. The molecule has 0 saturated heterocycles. The third kappa shape index (κ3) is 4.43. The van der Waals surface area contributed by atoms with Crippen molar-refractivity contribution in [1.82, 2.24) is 14.7 Å². The topological polar surface area (TPSA) is 64.4 Å². The van der Waals surface area contributed by atoms with Crippen LogP contribution in [0.15, 0.2) is 41.2 Å². The number of rotatable bonds is 6. The van der Waals surface area contributed by atoms with Crippen molar-refractivity contribution in [3.05, 3.63) is 46.8 Å². The first kappa shape index (κ1) is 20.1. The summed E-state index contributed by atoms with van der Waals surface area (Å²) in [6.07, 6.45) is 5.61. The molecule has 6 heteroatoms. The fourth-order valence-electron chi connectivity index (χ4n) is 3.79. The summed E-state index contributed by atoms with van der Waals surface area (Å²) in [5, 5.41) is 4.48. The highest BCUT2D eigenvalue weighted by molar-refractivity contribution is 5.80. The van der Waals surface area contributed by atoms with E-state index in [1.807, 2.05) is 43.1 Å². The summed E-state index contributed by atoms with van der Waals surface area (Å²) >= 11 is 0. The lowest BCUT2D eigenvalue weighted by Gasteiger charge is -2.33. The molecule has 0 bridgehead atoms. The summed E-state index contributed by atoms with van der Waals surface area (Å²) < 4.78 is 6.77. The van der Waals surface area contributed by atoms with Crippen LogP contribution in [0.3, 0.4) is 0 Å². The van der Waals surface area contributed by atoms with Crippen molar-refractivity contribution < 1.29 is 9.53 Å². The quantitative estimate of drug-likeness (QED) is 0.764. The Morgan fingerprint density at radius 1 is 1.18 bits per heavy atom. The molecule has 150 valence electrons. The van der Waals surface area contributed by atoms with Gasteiger partial charge in [-0.15, -0.1) is 0 Å². The highest BCUT2D eigenvalue weighted by Gasteiger charge is 2.27. The number of carbonyl (C=O) groups excluding carboxylic acids is 1. The van der Waals surface area contributed by atoms with E-state index in [2.05, 4.69) is 5.10 Å². The van der Waals surface area contributed by atoms with Gasteiger partial charge in [-0.3, -0.25) is 9.59 Å². The van der Waals surface area contributed by atoms with Crippen LogP contribution in [0.5, 0.6) is 5.75 Å². The van der Waals surface area contributed by atoms with Crippen molar-refractivity contribution in [3.8, 4) is 17.0 Å². The van der Waals surface area contributed by atoms with E-state index in [-0.39, 0.29) is 17.5 Å². The number of nitrogens with zero attached hydrogens (tertiary/aromatic N) is 3. The Morgan fingerprint density at radius 3 is 2.50 bits per heavy atom. The van der Waals surface area contributed by atoms with E-state index in [1.165, 1.54) is 17.2 Å². The van der Waals surface area contributed by atoms with Gasteiger partial charge < -0.3 is 9.64 Å². The zero-order chi connectivity index (χ0) is 20.1. The van der Waals surface area contributed by atoms with Crippen molar-refractivity contribution in [2.24, 2.45) is 0 Å². The van der Waals surface area contributed by atoms with E-state index in [4.69, 9.17) is 4.74 Å². The normalized spacial score (nSPS) is 15.8. The summed E-state index contributed by atoms with van der Waals surface area (Å²) in [5.74, 6) is 0.725. The molecule has 0 N–H and O–H groups in total. The second-order valence-electron chi connectivity index (χ2n) is 7.38. The number of carbonyl (C=O) groups is 1. The van der Waals surface area contributed by atoms with E-state index in [9.17, 15) is 9.59 Å². The SMILES string of the molecule is CCOc1ccc(-c2ccc(=O)n(C(C)C(=O)N(C)C3CCCCC3)n2)cc1. The maximum absolute atomic E-state index is 13.0. The molecule has 1 atom stereocenters. The summed E-state index contributed by atoms with van der Waals surface area (Å²) in [4.78, 5) is 27.2. The van der Waals surface area contributed by atoms with Gasteiger partial charge >= 0.3 is 0 Å². The van der Waals surface area contributed by atoms with E-state index < -0.39 is 6.04 Å². The van der Waals surface area contributed by atoms with E-state index >= 15 is 0 Å². The van der Waals surface area contributed by atoms with E-state index in [0.29, 0.717) is 12.3 Å². The monoisotopic (exact) mass is 383 g/mol. The van der Waals surface area contributed by atoms with Crippen LogP contribution in [0, 0.1) is 0 Å². The molecular weight excluding hydrogens is 354 g/mol. The average molecular weight is 383 g/mol. The van der Waals surface area contributed by atoms with E-state index in [1.54, 1.807) is 13.0 Å². The van der Waals surface area contributed by atoms with Crippen LogP contribution in [0.1, 0.15) is 52.0 Å². The van der Waals surface area contributed by atoms with Crippen LogP contribution < -0.4 is 10.3 Å². The molecule has 2 aromatic rings. The number of hydrogen-bond acceptors (Lipinski definition) is 4. The van der Waals surface area contributed by atoms with Crippen molar-refractivity contribution >= 4 is 5.91 Å². The number of ether oxygens (including phenoxy) is 1. The molecule has 1 saturated carbocycles. The molecule has 6 nitrogen and oxygen atoms in total. The first-order valence-electron chi connectivity index (χ1n) is 10.1. The molecular formula is C22H29N3O3. The molecule has 1 aliphatic rings. The molecule has 1 aliphatic carbocycles. The second-order valence-corrected chi connectivity index (χ2v) is 7.38. The lowest BCUT2D eigenvalue weighted by molar-refractivity contribution is -0.136. The van der Waals surface area contributed by atoms with Gasteiger partial charge in [-0.05, 0) is 57.0 Å². The molecule has 1 aromatic heterocycles. The Hall–Kier alpha value is -2.63. The smallest absolute Gasteiger partial charge is 0.267 e. The summed E-state index contributed by atoms with van der Waals surface area (Å²) in [5.41, 5.74) is 1.26. The standard InChI is InChI=1S/C22H29N3O3/c1-4-28-19-12-10-17(11-13-19)20-14-15-21(26)25(23-20)16(2)22(27)24(3)18-8-6-5-7-9-18/h10-16,18H,4-9H2,1-3H3. The molecule has 1 amide bonds. The minimum atomic E-state index is -0.637. The minimum Gasteiger partial charge on any atom is -0.494 e. The van der Waals surface area contributed by atoms with Crippen LogP contribution in [-0.2, 0) is 4.79 Å². The predicted molar refractivity (Wildman–Crippen MR) is 109 cm³/mol. The van der Waals surface area contributed by atoms with Gasteiger partial charge in [0.25, 0.3) is 5.56 Å². The molecule has 1 aromatic carbocycles. The Bertz CT molecular complexity index is 854. The van der Waals surface area contributed by atoms with Crippen LogP contribution in [0.25, 0.3) is 11.3 Å². The molecule has 1 unspecified atom stereocenters. The number of amides is 1. The molecule has 0 radical (unpaired) electrons. The highest BCUT2D eigenvalue weighted by Crippen LogP contribution is 2.24. The predicted octanol–water partition coefficient (Wildman–Crippen LogP) is 3.66. The van der Waals surface area contributed by atoms with Crippen LogP contribution in [-0.4, -0.2) is 40.3 Å². The van der Waals surface area contributed by atoms with Gasteiger partial charge in [0.15, 0.2) is 0 Å². The Kier molecular flexibility index (Phi) is 6.49. The first-order valence-corrected chi connectivity index (χ1v) is 10.1. The van der Waals surface area contributed by atoms with Gasteiger partial charge in [-0.25, -0.2) is 4.68 Å². The lowest BCUT2D eigenvalue weighted by Crippen LogP contribution is -2.43. The van der Waals surface area contributed by atoms with E-state index in [0.717, 1.165) is 37.0 Å². The zero-order valence-corrected chi connectivity index (χ0v) is 16.9. The van der Waals surface area contributed by atoms with Gasteiger partial charge in [0.1, 0.15) is 11.8 Å². The molecule has 28 heavy (non-hydrogen) atoms. The lowest BCUT2D eigenvalue weighted by atomic mass is 9.94. The van der Waals surface area contributed by atoms with Gasteiger partial charge in [0.05, 0.1) is 12.3 Å². The fraction of sp³-hybridized carbons (Fsp3) is 0.500. The summed E-state index contributed by atoms with van der Waals surface area (Å²) in [7, 11) is 1.84. The van der Waals surface area contributed by atoms with Crippen LogP contribution >= 0.6 is 0 Å². The summed E-state index contributed by atoms with van der Waals surface area (Å²) in [6, 6.07) is 10.4. The van der Waals surface area contributed by atoms with Gasteiger partial charge in [0, 0.05) is 24.7 Å². The Balaban J connectivity index is 1.82. The molecule has 1 heterocycles. The van der Waals surface area contributed by atoms with Gasteiger partial charge in [0.2, 0.25) is 5.91 Å². The average Bonchev–Trinajstić information content (AvgIpc) is 2.74. The number of benzene rings is 1. The second kappa shape index (κ2) is 9.04. The third-order valence-electron chi connectivity index (χ3n) is 5.48.